The fraction of sp³-hybridized carbons (Fsp3) is 0.364. The summed E-state index contributed by atoms with van der Waals surface area (Å²) in [6, 6.07) is 14.3. The standard InChI is InChI=1S/C22H27N3O2/c1-2-23-21(26)17-24-13-6-14-25(16-15-24)22(27)12-11-19-9-5-8-18-7-3-4-10-20(18)19/h3-5,7-12H,2,6,13-17H2,1H3,(H,23,26)/b12-11+. The van der Waals surface area contributed by atoms with Gasteiger partial charge in [-0.15, -0.1) is 0 Å². The zero-order valence-electron chi connectivity index (χ0n) is 15.9. The maximum Gasteiger partial charge on any atom is 0.246 e. The zero-order valence-corrected chi connectivity index (χ0v) is 15.9. The van der Waals surface area contributed by atoms with Crippen LogP contribution in [-0.4, -0.2) is 60.9 Å². The minimum Gasteiger partial charge on any atom is -0.355 e. The molecule has 1 fully saturated rings. The molecule has 0 unspecified atom stereocenters. The molecule has 5 nitrogen and oxygen atoms in total. The first-order chi connectivity index (χ1) is 13.2. The Morgan fingerprint density at radius 1 is 1.04 bits per heavy atom. The maximum atomic E-state index is 12.6. The van der Waals surface area contributed by atoms with Crippen LogP contribution in [0.4, 0.5) is 0 Å². The lowest BCUT2D eigenvalue weighted by atomic mass is 10.0. The first-order valence-electron chi connectivity index (χ1n) is 9.61. The summed E-state index contributed by atoms with van der Waals surface area (Å²) in [6.07, 6.45) is 4.45. The number of carbonyl (C=O) groups is 2. The fourth-order valence-corrected chi connectivity index (χ4v) is 3.47. The third-order valence-corrected chi connectivity index (χ3v) is 4.87. The third kappa shape index (κ3) is 5.17. The fourth-order valence-electron chi connectivity index (χ4n) is 3.47. The highest BCUT2D eigenvalue weighted by Crippen LogP contribution is 2.19. The highest BCUT2D eigenvalue weighted by Gasteiger charge is 2.19. The Balaban J connectivity index is 1.61. The third-order valence-electron chi connectivity index (χ3n) is 4.87. The molecule has 1 aliphatic heterocycles. The van der Waals surface area contributed by atoms with Crippen molar-refractivity contribution < 1.29 is 9.59 Å². The van der Waals surface area contributed by atoms with Gasteiger partial charge < -0.3 is 10.2 Å². The molecule has 0 aromatic heterocycles. The number of benzene rings is 2. The summed E-state index contributed by atoms with van der Waals surface area (Å²) in [5.74, 6) is 0.0796. The molecule has 1 aliphatic rings. The number of hydrogen-bond acceptors (Lipinski definition) is 3. The summed E-state index contributed by atoms with van der Waals surface area (Å²) in [5.41, 5.74) is 1.05. The van der Waals surface area contributed by atoms with E-state index in [-0.39, 0.29) is 11.8 Å². The van der Waals surface area contributed by atoms with Crippen molar-refractivity contribution in [2.24, 2.45) is 0 Å². The van der Waals surface area contributed by atoms with Gasteiger partial charge in [-0.1, -0.05) is 42.5 Å². The number of rotatable bonds is 5. The summed E-state index contributed by atoms with van der Waals surface area (Å²) in [5, 5.41) is 5.14. The van der Waals surface area contributed by atoms with Gasteiger partial charge in [-0.25, -0.2) is 0 Å². The van der Waals surface area contributed by atoms with Gasteiger partial charge in [0.25, 0.3) is 0 Å². The summed E-state index contributed by atoms with van der Waals surface area (Å²) in [6.45, 7) is 5.92. The molecule has 0 aliphatic carbocycles. The zero-order chi connectivity index (χ0) is 19.1. The van der Waals surface area contributed by atoms with Gasteiger partial charge in [0.2, 0.25) is 11.8 Å². The molecule has 0 radical (unpaired) electrons. The molecule has 0 saturated carbocycles. The number of amides is 2. The minimum absolute atomic E-state index is 0.0304. The van der Waals surface area contributed by atoms with E-state index in [4.69, 9.17) is 0 Å². The summed E-state index contributed by atoms with van der Waals surface area (Å²) in [4.78, 5) is 28.4. The average molecular weight is 365 g/mol. The molecule has 5 heteroatoms. The molecule has 0 spiro atoms. The molecule has 2 aromatic rings. The Hall–Kier alpha value is -2.66. The van der Waals surface area contributed by atoms with Crippen LogP contribution in [0.15, 0.2) is 48.5 Å². The summed E-state index contributed by atoms with van der Waals surface area (Å²) < 4.78 is 0. The highest BCUT2D eigenvalue weighted by atomic mass is 16.2. The Kier molecular flexibility index (Phi) is 6.60. The summed E-state index contributed by atoms with van der Waals surface area (Å²) in [7, 11) is 0. The number of nitrogens with zero attached hydrogens (tertiary/aromatic N) is 2. The van der Waals surface area contributed by atoms with Gasteiger partial charge in [-0.3, -0.25) is 14.5 Å². The van der Waals surface area contributed by atoms with E-state index in [1.165, 1.54) is 5.39 Å². The van der Waals surface area contributed by atoms with Crippen molar-refractivity contribution in [1.29, 1.82) is 0 Å². The second-order valence-corrected chi connectivity index (χ2v) is 6.81. The summed E-state index contributed by atoms with van der Waals surface area (Å²) >= 11 is 0. The van der Waals surface area contributed by atoms with Crippen molar-refractivity contribution in [3.63, 3.8) is 0 Å². The van der Waals surface area contributed by atoms with Gasteiger partial charge in [0, 0.05) is 38.8 Å². The molecule has 1 N–H and O–H groups in total. The maximum absolute atomic E-state index is 12.6. The predicted octanol–water partition coefficient (Wildman–Crippen LogP) is 2.52. The molecule has 27 heavy (non-hydrogen) atoms. The van der Waals surface area contributed by atoms with E-state index >= 15 is 0 Å². The Labute approximate surface area is 160 Å². The van der Waals surface area contributed by atoms with Crippen molar-refractivity contribution in [3.8, 4) is 0 Å². The first-order valence-corrected chi connectivity index (χ1v) is 9.61. The smallest absolute Gasteiger partial charge is 0.246 e. The lowest BCUT2D eigenvalue weighted by Gasteiger charge is -2.20. The van der Waals surface area contributed by atoms with Gasteiger partial charge >= 0.3 is 0 Å². The molecular formula is C22H27N3O2. The van der Waals surface area contributed by atoms with Crippen molar-refractivity contribution in [1.82, 2.24) is 15.1 Å². The molecule has 0 atom stereocenters. The molecule has 2 aromatic carbocycles. The Morgan fingerprint density at radius 3 is 2.70 bits per heavy atom. The largest absolute Gasteiger partial charge is 0.355 e. The van der Waals surface area contributed by atoms with Crippen LogP contribution in [0.25, 0.3) is 16.8 Å². The van der Waals surface area contributed by atoms with E-state index in [2.05, 4.69) is 28.4 Å². The van der Waals surface area contributed by atoms with Crippen LogP contribution in [0.3, 0.4) is 0 Å². The number of likely N-dealkylation sites (N-methyl/N-ethyl adjacent to an activating group) is 1. The van der Waals surface area contributed by atoms with Crippen molar-refractivity contribution >= 4 is 28.7 Å². The normalized spacial score (nSPS) is 15.8. The molecule has 0 bridgehead atoms. The van der Waals surface area contributed by atoms with Crippen LogP contribution < -0.4 is 5.32 Å². The molecule has 1 heterocycles. The molecule has 3 rings (SSSR count). The van der Waals surface area contributed by atoms with Crippen molar-refractivity contribution in [2.75, 3.05) is 39.3 Å². The Morgan fingerprint density at radius 2 is 1.85 bits per heavy atom. The predicted molar refractivity (Wildman–Crippen MR) is 109 cm³/mol. The number of carbonyl (C=O) groups excluding carboxylic acids is 2. The van der Waals surface area contributed by atoms with Crippen LogP contribution in [-0.2, 0) is 9.59 Å². The van der Waals surface area contributed by atoms with E-state index < -0.39 is 0 Å². The topological polar surface area (TPSA) is 52.7 Å². The SMILES string of the molecule is CCNC(=O)CN1CCCN(C(=O)/C=C/c2cccc3ccccc23)CC1. The van der Waals surface area contributed by atoms with E-state index in [1.807, 2.05) is 42.2 Å². The highest BCUT2D eigenvalue weighted by molar-refractivity contribution is 5.96. The second-order valence-electron chi connectivity index (χ2n) is 6.81. The molecule has 1 saturated heterocycles. The number of fused-ring (bicyclic) bond motifs is 1. The minimum atomic E-state index is 0.0304. The van der Waals surface area contributed by atoms with E-state index in [0.717, 1.165) is 37.0 Å². The second kappa shape index (κ2) is 9.33. The van der Waals surface area contributed by atoms with Gasteiger partial charge in [-0.2, -0.15) is 0 Å². The van der Waals surface area contributed by atoms with Crippen molar-refractivity contribution in [3.05, 3.63) is 54.1 Å². The Bertz CT molecular complexity index is 826. The molecule has 2 amide bonds. The van der Waals surface area contributed by atoms with E-state index in [0.29, 0.717) is 19.6 Å². The van der Waals surface area contributed by atoms with Crippen LogP contribution in [0.2, 0.25) is 0 Å². The van der Waals surface area contributed by atoms with Gasteiger partial charge in [0.15, 0.2) is 0 Å². The molecular weight excluding hydrogens is 338 g/mol. The number of nitrogens with one attached hydrogen (secondary N) is 1. The molecule has 142 valence electrons. The lowest BCUT2D eigenvalue weighted by molar-refractivity contribution is -0.125. The van der Waals surface area contributed by atoms with E-state index in [9.17, 15) is 9.59 Å². The lowest BCUT2D eigenvalue weighted by Crippen LogP contribution is -2.39. The van der Waals surface area contributed by atoms with Gasteiger partial charge in [-0.05, 0) is 35.8 Å². The van der Waals surface area contributed by atoms with Gasteiger partial charge in [0.05, 0.1) is 6.54 Å². The van der Waals surface area contributed by atoms with Crippen LogP contribution in [0.5, 0.6) is 0 Å². The quantitative estimate of drug-likeness (QED) is 0.829. The van der Waals surface area contributed by atoms with Crippen LogP contribution in [0, 0.1) is 0 Å². The van der Waals surface area contributed by atoms with Crippen LogP contribution in [0.1, 0.15) is 18.9 Å². The first kappa shape index (κ1) is 19.1. The van der Waals surface area contributed by atoms with E-state index in [1.54, 1.807) is 6.08 Å². The van der Waals surface area contributed by atoms with Crippen molar-refractivity contribution in [2.45, 2.75) is 13.3 Å². The number of hydrogen-bond donors (Lipinski definition) is 1. The monoisotopic (exact) mass is 365 g/mol. The average Bonchev–Trinajstić information content (AvgIpc) is 2.92. The van der Waals surface area contributed by atoms with Crippen LogP contribution >= 0.6 is 0 Å². The van der Waals surface area contributed by atoms with Gasteiger partial charge in [0.1, 0.15) is 0 Å².